The van der Waals surface area contributed by atoms with Crippen molar-refractivity contribution < 1.29 is 28.2 Å². The van der Waals surface area contributed by atoms with E-state index >= 15 is 0 Å². The molecule has 0 aliphatic heterocycles. The van der Waals surface area contributed by atoms with Gasteiger partial charge in [0.15, 0.2) is 0 Å². The Kier molecular flexibility index (Phi) is 8.93. The van der Waals surface area contributed by atoms with Gasteiger partial charge >= 0.3 is 11.9 Å². The molecule has 1 N–H and O–H groups in total. The van der Waals surface area contributed by atoms with E-state index in [1.54, 1.807) is 55.5 Å². The lowest BCUT2D eigenvalue weighted by Crippen LogP contribution is -2.08. The first-order chi connectivity index (χ1) is 18.4. The fourth-order valence-electron chi connectivity index (χ4n) is 3.85. The van der Waals surface area contributed by atoms with Gasteiger partial charge in [-0.15, -0.1) is 0 Å². The van der Waals surface area contributed by atoms with Crippen LogP contribution in [0.5, 0.6) is 11.5 Å². The highest BCUT2D eigenvalue weighted by atomic mass is 19.1. The Morgan fingerprint density at radius 1 is 0.842 bits per heavy atom. The van der Waals surface area contributed by atoms with Crippen molar-refractivity contribution in [3.05, 3.63) is 96.3 Å². The van der Waals surface area contributed by atoms with Crippen LogP contribution in [0.1, 0.15) is 43.0 Å². The Bertz CT molecular complexity index is 1410. The maximum Gasteiger partial charge on any atom is 0.343 e. The molecule has 7 heteroatoms. The van der Waals surface area contributed by atoms with E-state index in [-0.39, 0.29) is 11.8 Å². The van der Waals surface area contributed by atoms with Gasteiger partial charge in [-0.3, -0.25) is 0 Å². The molecule has 0 fully saturated rings. The van der Waals surface area contributed by atoms with Crippen LogP contribution in [0.4, 0.5) is 4.39 Å². The van der Waals surface area contributed by atoms with Gasteiger partial charge in [-0.1, -0.05) is 6.58 Å². The number of ether oxygens (including phenoxy) is 3. The van der Waals surface area contributed by atoms with Crippen LogP contribution in [0.2, 0.25) is 0 Å². The van der Waals surface area contributed by atoms with Crippen molar-refractivity contribution in [1.82, 2.24) is 4.98 Å². The summed E-state index contributed by atoms with van der Waals surface area (Å²) in [5, 5.41) is 0.881. The number of unbranched alkanes of at least 4 members (excludes halogenated alkanes) is 3. The molecule has 0 amide bonds. The molecule has 0 bridgehead atoms. The zero-order chi connectivity index (χ0) is 26.9. The van der Waals surface area contributed by atoms with Gasteiger partial charge in [0.2, 0.25) is 0 Å². The molecule has 0 unspecified atom stereocenters. The van der Waals surface area contributed by atoms with Gasteiger partial charge in [0.05, 0.1) is 18.8 Å². The number of esters is 2. The van der Waals surface area contributed by atoms with Crippen molar-refractivity contribution in [2.45, 2.75) is 32.6 Å². The molecular formula is C31H30FNO5. The van der Waals surface area contributed by atoms with Gasteiger partial charge in [0, 0.05) is 22.2 Å². The van der Waals surface area contributed by atoms with Crippen molar-refractivity contribution in [2.24, 2.45) is 0 Å². The van der Waals surface area contributed by atoms with Crippen LogP contribution in [-0.2, 0) is 9.53 Å². The minimum atomic E-state index is -0.461. The first kappa shape index (κ1) is 26.7. The van der Waals surface area contributed by atoms with Gasteiger partial charge in [0.1, 0.15) is 17.3 Å². The molecule has 4 rings (SSSR count). The summed E-state index contributed by atoms with van der Waals surface area (Å²) in [7, 11) is 0. The van der Waals surface area contributed by atoms with E-state index in [1.165, 1.54) is 12.1 Å². The van der Waals surface area contributed by atoms with Crippen LogP contribution in [0.25, 0.3) is 22.2 Å². The summed E-state index contributed by atoms with van der Waals surface area (Å²) in [4.78, 5) is 27.2. The zero-order valence-electron chi connectivity index (χ0n) is 21.3. The molecule has 1 aromatic heterocycles. The third-order valence-corrected chi connectivity index (χ3v) is 5.94. The molecule has 0 spiro atoms. The summed E-state index contributed by atoms with van der Waals surface area (Å²) >= 11 is 0. The third-order valence-electron chi connectivity index (χ3n) is 5.94. The fourth-order valence-corrected chi connectivity index (χ4v) is 3.85. The van der Waals surface area contributed by atoms with Gasteiger partial charge in [-0.2, -0.15) is 0 Å². The topological polar surface area (TPSA) is 77.6 Å². The minimum absolute atomic E-state index is 0.286. The average Bonchev–Trinajstić information content (AvgIpc) is 3.34. The van der Waals surface area contributed by atoms with Crippen molar-refractivity contribution in [3.8, 4) is 22.8 Å². The SMILES string of the molecule is C=C(C)C(=O)OCCCCCCOc1ccc(C(=O)Oc2ccc3[nH]c(-c4ccc(F)cc4)cc3c2)cc1. The molecule has 0 aliphatic carbocycles. The molecular weight excluding hydrogens is 485 g/mol. The summed E-state index contributed by atoms with van der Waals surface area (Å²) in [5.74, 6) is 0.0176. The smallest absolute Gasteiger partial charge is 0.343 e. The molecule has 3 aromatic carbocycles. The standard InChI is InChI=1S/C31H30FNO5/c1-21(2)30(34)37-18-6-4-3-5-17-36-26-13-9-23(10-14-26)31(35)38-27-15-16-28-24(19-27)20-29(33-28)22-7-11-25(32)12-8-22/h7-16,19-20,33H,1,3-6,17-18H2,2H3. The van der Waals surface area contributed by atoms with E-state index in [4.69, 9.17) is 14.2 Å². The Hall–Kier alpha value is -4.39. The number of aromatic amines is 1. The molecule has 0 radical (unpaired) electrons. The predicted octanol–water partition coefficient (Wildman–Crippen LogP) is 7.25. The first-order valence-electron chi connectivity index (χ1n) is 12.6. The molecule has 196 valence electrons. The largest absolute Gasteiger partial charge is 0.494 e. The molecule has 1 heterocycles. The lowest BCUT2D eigenvalue weighted by Gasteiger charge is -2.08. The van der Waals surface area contributed by atoms with Crippen LogP contribution in [0.3, 0.4) is 0 Å². The van der Waals surface area contributed by atoms with Crippen molar-refractivity contribution >= 4 is 22.8 Å². The molecule has 6 nitrogen and oxygen atoms in total. The molecule has 0 saturated carbocycles. The number of halogens is 1. The second kappa shape index (κ2) is 12.7. The Morgan fingerprint density at radius 3 is 2.24 bits per heavy atom. The number of hydrogen-bond acceptors (Lipinski definition) is 5. The number of carbonyl (C=O) groups is 2. The molecule has 4 aromatic rings. The maximum atomic E-state index is 13.2. The Morgan fingerprint density at radius 2 is 1.53 bits per heavy atom. The molecule has 0 saturated heterocycles. The monoisotopic (exact) mass is 515 g/mol. The van der Waals surface area contributed by atoms with Crippen LogP contribution < -0.4 is 9.47 Å². The van der Waals surface area contributed by atoms with Gasteiger partial charge in [-0.25, -0.2) is 14.0 Å². The van der Waals surface area contributed by atoms with Crippen LogP contribution >= 0.6 is 0 Å². The number of H-pyrrole nitrogens is 1. The summed E-state index contributed by atoms with van der Waals surface area (Å²) in [6, 6.07) is 20.4. The average molecular weight is 516 g/mol. The van der Waals surface area contributed by atoms with Crippen LogP contribution in [0.15, 0.2) is 84.9 Å². The number of carbonyl (C=O) groups excluding carboxylic acids is 2. The van der Waals surface area contributed by atoms with Gasteiger partial charge in [0.25, 0.3) is 0 Å². The highest BCUT2D eigenvalue weighted by molar-refractivity contribution is 5.92. The first-order valence-corrected chi connectivity index (χ1v) is 12.6. The number of nitrogens with one attached hydrogen (secondary N) is 1. The molecule has 0 aliphatic rings. The normalized spacial score (nSPS) is 10.8. The highest BCUT2D eigenvalue weighted by Gasteiger charge is 2.11. The van der Waals surface area contributed by atoms with Crippen molar-refractivity contribution in [2.75, 3.05) is 13.2 Å². The van der Waals surface area contributed by atoms with E-state index < -0.39 is 5.97 Å². The lowest BCUT2D eigenvalue weighted by atomic mass is 10.1. The highest BCUT2D eigenvalue weighted by Crippen LogP contribution is 2.27. The molecule has 38 heavy (non-hydrogen) atoms. The summed E-state index contributed by atoms with van der Waals surface area (Å²) in [5.41, 5.74) is 3.43. The van der Waals surface area contributed by atoms with Crippen molar-refractivity contribution in [3.63, 3.8) is 0 Å². The van der Waals surface area contributed by atoms with E-state index in [0.29, 0.717) is 35.8 Å². The number of fused-ring (bicyclic) bond motifs is 1. The minimum Gasteiger partial charge on any atom is -0.494 e. The zero-order valence-corrected chi connectivity index (χ0v) is 21.3. The fraction of sp³-hybridized carbons (Fsp3) is 0.226. The van der Waals surface area contributed by atoms with Gasteiger partial charge in [-0.05, 0) is 111 Å². The summed E-state index contributed by atoms with van der Waals surface area (Å²) < 4.78 is 29.6. The maximum absolute atomic E-state index is 13.2. The summed E-state index contributed by atoms with van der Waals surface area (Å²) in [6.45, 7) is 6.15. The van der Waals surface area contributed by atoms with E-state index in [2.05, 4.69) is 11.6 Å². The number of hydrogen-bond donors (Lipinski definition) is 1. The summed E-state index contributed by atoms with van der Waals surface area (Å²) in [6.07, 6.45) is 3.59. The second-order valence-electron chi connectivity index (χ2n) is 9.03. The predicted molar refractivity (Wildman–Crippen MR) is 145 cm³/mol. The second-order valence-corrected chi connectivity index (χ2v) is 9.03. The van der Waals surface area contributed by atoms with Crippen molar-refractivity contribution in [1.29, 1.82) is 0 Å². The Balaban J connectivity index is 1.22. The van der Waals surface area contributed by atoms with Crippen LogP contribution in [-0.4, -0.2) is 30.1 Å². The number of aromatic nitrogens is 1. The van der Waals surface area contributed by atoms with Gasteiger partial charge < -0.3 is 19.2 Å². The Labute approximate surface area is 221 Å². The number of rotatable bonds is 12. The van der Waals surface area contributed by atoms with E-state index in [1.807, 2.05) is 12.1 Å². The third kappa shape index (κ3) is 7.32. The van der Waals surface area contributed by atoms with E-state index in [0.717, 1.165) is 47.8 Å². The van der Waals surface area contributed by atoms with Crippen LogP contribution in [0, 0.1) is 5.82 Å². The molecule has 0 atom stereocenters. The van der Waals surface area contributed by atoms with E-state index in [9.17, 15) is 14.0 Å². The lowest BCUT2D eigenvalue weighted by molar-refractivity contribution is -0.139. The number of benzene rings is 3. The quantitative estimate of drug-likeness (QED) is 0.0930.